The van der Waals surface area contributed by atoms with E-state index in [0.29, 0.717) is 16.3 Å². The molecule has 0 aliphatic carbocycles. The van der Waals surface area contributed by atoms with Gasteiger partial charge < -0.3 is 5.32 Å². The minimum absolute atomic E-state index is 0.156. The maximum Gasteiger partial charge on any atom is 0.255 e. The van der Waals surface area contributed by atoms with Gasteiger partial charge in [0.1, 0.15) is 0 Å². The standard InChI is InChI=1S/C13H8ClI2NO/c14-11-7-10(16)4-5-12(11)17-13(18)8-2-1-3-9(15)6-8/h1-7H,(H,17,18). The predicted molar refractivity (Wildman–Crippen MR) is 91.3 cm³/mol. The number of hydrogen-bond donors (Lipinski definition) is 1. The van der Waals surface area contributed by atoms with Crippen molar-refractivity contribution in [1.29, 1.82) is 0 Å². The topological polar surface area (TPSA) is 29.1 Å². The van der Waals surface area contributed by atoms with Crippen molar-refractivity contribution in [3.63, 3.8) is 0 Å². The van der Waals surface area contributed by atoms with Gasteiger partial charge in [-0.15, -0.1) is 0 Å². The molecule has 0 radical (unpaired) electrons. The van der Waals surface area contributed by atoms with E-state index < -0.39 is 0 Å². The number of hydrogen-bond acceptors (Lipinski definition) is 1. The molecule has 0 bridgehead atoms. The summed E-state index contributed by atoms with van der Waals surface area (Å²) >= 11 is 10.4. The Kier molecular flexibility index (Phi) is 4.85. The van der Waals surface area contributed by atoms with Crippen LogP contribution in [-0.2, 0) is 0 Å². The van der Waals surface area contributed by atoms with E-state index in [0.717, 1.165) is 7.14 Å². The molecule has 18 heavy (non-hydrogen) atoms. The van der Waals surface area contributed by atoms with Crippen molar-refractivity contribution in [2.45, 2.75) is 0 Å². The maximum absolute atomic E-state index is 12.0. The van der Waals surface area contributed by atoms with Gasteiger partial charge in [0.15, 0.2) is 0 Å². The van der Waals surface area contributed by atoms with Crippen molar-refractivity contribution in [1.82, 2.24) is 0 Å². The van der Waals surface area contributed by atoms with E-state index in [1.165, 1.54) is 0 Å². The summed E-state index contributed by atoms with van der Waals surface area (Å²) in [5.41, 5.74) is 1.25. The fraction of sp³-hybridized carbons (Fsp3) is 0. The molecule has 0 aromatic heterocycles. The average Bonchev–Trinajstić information content (AvgIpc) is 2.32. The molecule has 1 N–H and O–H groups in total. The fourth-order valence-electron chi connectivity index (χ4n) is 1.42. The number of halogens is 3. The number of rotatable bonds is 2. The van der Waals surface area contributed by atoms with Crippen LogP contribution in [0.1, 0.15) is 10.4 Å². The second kappa shape index (κ2) is 6.21. The van der Waals surface area contributed by atoms with E-state index in [9.17, 15) is 4.79 Å². The fourth-order valence-corrected chi connectivity index (χ4v) is 2.86. The van der Waals surface area contributed by atoms with Crippen molar-refractivity contribution in [2.75, 3.05) is 5.32 Å². The highest BCUT2D eigenvalue weighted by Crippen LogP contribution is 2.24. The molecular formula is C13H8ClI2NO. The molecule has 2 rings (SSSR count). The summed E-state index contributed by atoms with van der Waals surface area (Å²) < 4.78 is 2.05. The second-order valence-electron chi connectivity index (χ2n) is 3.59. The summed E-state index contributed by atoms with van der Waals surface area (Å²) in [6, 6.07) is 12.9. The summed E-state index contributed by atoms with van der Waals surface area (Å²) in [7, 11) is 0. The lowest BCUT2D eigenvalue weighted by Gasteiger charge is -2.07. The van der Waals surface area contributed by atoms with Crippen LogP contribution in [0.15, 0.2) is 42.5 Å². The van der Waals surface area contributed by atoms with Crippen molar-refractivity contribution in [3.05, 3.63) is 60.2 Å². The summed E-state index contributed by atoms with van der Waals surface area (Å²) in [6.45, 7) is 0. The van der Waals surface area contributed by atoms with Crippen LogP contribution in [0, 0.1) is 7.14 Å². The molecule has 0 saturated carbocycles. The van der Waals surface area contributed by atoms with Gasteiger partial charge in [-0.3, -0.25) is 4.79 Å². The Balaban J connectivity index is 2.21. The Bertz CT molecular complexity index is 601. The zero-order chi connectivity index (χ0) is 13.1. The van der Waals surface area contributed by atoms with Crippen LogP contribution in [0.4, 0.5) is 5.69 Å². The van der Waals surface area contributed by atoms with Gasteiger partial charge in [-0.1, -0.05) is 17.7 Å². The highest BCUT2D eigenvalue weighted by atomic mass is 127. The Hall–Kier alpha value is -0.340. The minimum Gasteiger partial charge on any atom is -0.321 e. The molecule has 2 nitrogen and oxygen atoms in total. The molecule has 0 spiro atoms. The van der Waals surface area contributed by atoms with Gasteiger partial charge in [0.25, 0.3) is 5.91 Å². The van der Waals surface area contributed by atoms with Crippen molar-refractivity contribution in [3.8, 4) is 0 Å². The third-order valence-corrected chi connectivity index (χ3v) is 3.92. The first kappa shape index (κ1) is 14.1. The van der Waals surface area contributed by atoms with E-state index in [-0.39, 0.29) is 5.91 Å². The van der Waals surface area contributed by atoms with Gasteiger partial charge >= 0.3 is 0 Å². The smallest absolute Gasteiger partial charge is 0.255 e. The van der Waals surface area contributed by atoms with E-state index in [1.807, 2.05) is 30.3 Å². The quantitative estimate of drug-likeness (QED) is 0.611. The molecule has 5 heteroatoms. The number of anilines is 1. The van der Waals surface area contributed by atoms with Gasteiger partial charge in [-0.25, -0.2) is 0 Å². The molecule has 0 saturated heterocycles. The zero-order valence-electron chi connectivity index (χ0n) is 9.08. The number of amides is 1. The molecule has 0 fully saturated rings. The molecule has 2 aromatic rings. The molecule has 2 aromatic carbocycles. The molecular weight excluding hydrogens is 475 g/mol. The zero-order valence-corrected chi connectivity index (χ0v) is 14.2. The molecule has 0 atom stereocenters. The van der Waals surface area contributed by atoms with E-state index in [2.05, 4.69) is 50.5 Å². The number of nitrogens with one attached hydrogen (secondary N) is 1. The lowest BCUT2D eigenvalue weighted by molar-refractivity contribution is 0.102. The average molecular weight is 483 g/mol. The lowest BCUT2D eigenvalue weighted by Crippen LogP contribution is -2.12. The largest absolute Gasteiger partial charge is 0.321 e. The molecule has 0 aliphatic heterocycles. The van der Waals surface area contributed by atoms with E-state index in [1.54, 1.807) is 12.1 Å². The Morgan fingerprint density at radius 1 is 1.06 bits per heavy atom. The Morgan fingerprint density at radius 2 is 1.78 bits per heavy atom. The summed E-state index contributed by atoms with van der Waals surface area (Å²) in [5, 5.41) is 3.35. The number of benzene rings is 2. The first-order valence-electron chi connectivity index (χ1n) is 5.08. The van der Waals surface area contributed by atoms with Gasteiger partial charge in [0, 0.05) is 12.7 Å². The molecule has 0 unspecified atom stereocenters. The maximum atomic E-state index is 12.0. The van der Waals surface area contributed by atoms with Crippen molar-refractivity contribution in [2.24, 2.45) is 0 Å². The predicted octanol–water partition coefficient (Wildman–Crippen LogP) is 4.80. The monoisotopic (exact) mass is 483 g/mol. The van der Waals surface area contributed by atoms with Crippen LogP contribution in [-0.4, -0.2) is 5.91 Å². The van der Waals surface area contributed by atoms with Gasteiger partial charge in [-0.2, -0.15) is 0 Å². The highest BCUT2D eigenvalue weighted by molar-refractivity contribution is 14.1. The Labute approximate surface area is 137 Å². The van der Waals surface area contributed by atoms with Crippen LogP contribution in [0.5, 0.6) is 0 Å². The van der Waals surface area contributed by atoms with Crippen molar-refractivity contribution < 1.29 is 4.79 Å². The molecule has 0 heterocycles. The third kappa shape index (κ3) is 3.58. The van der Waals surface area contributed by atoms with Crippen molar-refractivity contribution >= 4 is 68.4 Å². The third-order valence-electron chi connectivity index (χ3n) is 2.27. The second-order valence-corrected chi connectivity index (χ2v) is 6.49. The van der Waals surface area contributed by atoms with Crippen LogP contribution in [0.2, 0.25) is 5.02 Å². The summed E-state index contributed by atoms with van der Waals surface area (Å²) in [5.74, 6) is -0.156. The highest BCUT2D eigenvalue weighted by Gasteiger charge is 2.08. The van der Waals surface area contributed by atoms with Gasteiger partial charge in [-0.05, 0) is 81.6 Å². The first-order chi connectivity index (χ1) is 8.56. The number of carbonyl (C=O) groups excluding carboxylic acids is 1. The molecule has 1 amide bonds. The SMILES string of the molecule is O=C(Nc1ccc(I)cc1Cl)c1cccc(I)c1. The summed E-state index contributed by atoms with van der Waals surface area (Å²) in [4.78, 5) is 12.0. The van der Waals surface area contributed by atoms with Crippen LogP contribution < -0.4 is 5.32 Å². The molecule has 0 aliphatic rings. The number of carbonyl (C=O) groups is 1. The van der Waals surface area contributed by atoms with Crippen LogP contribution in [0.25, 0.3) is 0 Å². The Morgan fingerprint density at radius 3 is 2.44 bits per heavy atom. The van der Waals surface area contributed by atoms with Gasteiger partial charge in [0.2, 0.25) is 0 Å². The summed E-state index contributed by atoms with van der Waals surface area (Å²) in [6.07, 6.45) is 0. The van der Waals surface area contributed by atoms with Crippen LogP contribution in [0.3, 0.4) is 0 Å². The van der Waals surface area contributed by atoms with E-state index in [4.69, 9.17) is 11.6 Å². The van der Waals surface area contributed by atoms with E-state index >= 15 is 0 Å². The lowest BCUT2D eigenvalue weighted by atomic mass is 10.2. The first-order valence-corrected chi connectivity index (χ1v) is 7.62. The normalized spacial score (nSPS) is 10.2. The van der Waals surface area contributed by atoms with Crippen LogP contribution >= 0.6 is 56.8 Å². The molecule has 92 valence electrons. The minimum atomic E-state index is -0.156. The van der Waals surface area contributed by atoms with Gasteiger partial charge in [0.05, 0.1) is 10.7 Å².